The van der Waals surface area contributed by atoms with Gasteiger partial charge in [0.15, 0.2) is 11.6 Å². The summed E-state index contributed by atoms with van der Waals surface area (Å²) < 4.78 is 5.36. The number of benzene rings is 2. The second-order valence-corrected chi connectivity index (χ2v) is 6.04. The Hall–Kier alpha value is -2.46. The van der Waals surface area contributed by atoms with Crippen molar-refractivity contribution in [1.82, 2.24) is 0 Å². The standard InChI is InChI=1S/C20H21NO3/c1-15-5-7-16(8-6-15)19(22)14-20(23)17-3-2-4-18(13-17)21-9-11-24-12-10-21/h2-8,13H,9-12,14H2,1H3. The van der Waals surface area contributed by atoms with Crippen LogP contribution in [0, 0.1) is 6.92 Å². The van der Waals surface area contributed by atoms with Crippen molar-refractivity contribution in [3.63, 3.8) is 0 Å². The minimum absolute atomic E-state index is 0.102. The second-order valence-electron chi connectivity index (χ2n) is 6.04. The van der Waals surface area contributed by atoms with E-state index in [-0.39, 0.29) is 18.0 Å². The molecule has 4 nitrogen and oxygen atoms in total. The van der Waals surface area contributed by atoms with Gasteiger partial charge in [-0.3, -0.25) is 9.59 Å². The number of ether oxygens (including phenoxy) is 1. The summed E-state index contributed by atoms with van der Waals surface area (Å²) in [5, 5.41) is 0. The molecule has 0 amide bonds. The maximum atomic E-state index is 12.5. The van der Waals surface area contributed by atoms with E-state index in [2.05, 4.69) is 4.90 Å². The summed E-state index contributed by atoms with van der Waals surface area (Å²) in [6.45, 7) is 5.00. The van der Waals surface area contributed by atoms with Crippen molar-refractivity contribution in [1.29, 1.82) is 0 Å². The molecule has 0 atom stereocenters. The van der Waals surface area contributed by atoms with Gasteiger partial charge >= 0.3 is 0 Å². The first kappa shape index (κ1) is 16.4. The van der Waals surface area contributed by atoms with Crippen molar-refractivity contribution in [2.45, 2.75) is 13.3 Å². The molecule has 0 unspecified atom stereocenters. The van der Waals surface area contributed by atoms with E-state index >= 15 is 0 Å². The van der Waals surface area contributed by atoms with Gasteiger partial charge in [-0.25, -0.2) is 0 Å². The topological polar surface area (TPSA) is 46.6 Å². The van der Waals surface area contributed by atoms with Gasteiger partial charge in [-0.15, -0.1) is 0 Å². The summed E-state index contributed by atoms with van der Waals surface area (Å²) in [7, 11) is 0. The van der Waals surface area contributed by atoms with Crippen molar-refractivity contribution in [2.75, 3.05) is 31.2 Å². The molecule has 0 spiro atoms. The van der Waals surface area contributed by atoms with Crippen LogP contribution >= 0.6 is 0 Å². The van der Waals surface area contributed by atoms with Crippen molar-refractivity contribution < 1.29 is 14.3 Å². The fourth-order valence-electron chi connectivity index (χ4n) is 2.79. The third-order valence-electron chi connectivity index (χ3n) is 4.24. The van der Waals surface area contributed by atoms with Crippen molar-refractivity contribution in [3.8, 4) is 0 Å². The minimum atomic E-state index is -0.143. The number of ketones is 2. The Kier molecular flexibility index (Phi) is 5.06. The number of aryl methyl sites for hydroxylation is 1. The van der Waals surface area contributed by atoms with Gasteiger partial charge in [0.05, 0.1) is 19.6 Å². The van der Waals surface area contributed by atoms with Crippen molar-refractivity contribution >= 4 is 17.3 Å². The number of rotatable bonds is 5. The van der Waals surface area contributed by atoms with Crippen LogP contribution in [-0.4, -0.2) is 37.9 Å². The number of nitrogens with zero attached hydrogens (tertiary/aromatic N) is 1. The Bertz CT molecular complexity index is 731. The summed E-state index contributed by atoms with van der Waals surface area (Å²) in [4.78, 5) is 26.9. The van der Waals surface area contributed by atoms with Gasteiger partial charge in [0.25, 0.3) is 0 Å². The van der Waals surface area contributed by atoms with Crippen LogP contribution in [0.25, 0.3) is 0 Å². The Balaban J connectivity index is 1.70. The molecule has 1 aliphatic heterocycles. The lowest BCUT2D eigenvalue weighted by atomic mass is 10.0. The van der Waals surface area contributed by atoms with E-state index in [0.29, 0.717) is 24.3 Å². The van der Waals surface area contributed by atoms with Crippen LogP contribution in [0.4, 0.5) is 5.69 Å². The summed E-state index contributed by atoms with van der Waals surface area (Å²) >= 11 is 0. The van der Waals surface area contributed by atoms with E-state index in [1.807, 2.05) is 37.3 Å². The number of carbonyl (C=O) groups is 2. The molecule has 24 heavy (non-hydrogen) atoms. The minimum Gasteiger partial charge on any atom is -0.378 e. The number of anilines is 1. The van der Waals surface area contributed by atoms with Gasteiger partial charge in [0.2, 0.25) is 0 Å². The van der Waals surface area contributed by atoms with E-state index in [1.165, 1.54) is 0 Å². The first-order valence-electron chi connectivity index (χ1n) is 8.19. The molecule has 124 valence electrons. The van der Waals surface area contributed by atoms with Crippen LogP contribution in [0.15, 0.2) is 48.5 Å². The summed E-state index contributed by atoms with van der Waals surface area (Å²) in [5.74, 6) is -0.285. The van der Waals surface area contributed by atoms with Crippen LogP contribution in [0.1, 0.15) is 32.7 Å². The molecule has 1 fully saturated rings. The number of hydrogen-bond acceptors (Lipinski definition) is 4. The molecule has 4 heteroatoms. The SMILES string of the molecule is Cc1ccc(C(=O)CC(=O)c2cccc(N3CCOCC3)c2)cc1. The van der Waals surface area contributed by atoms with Crippen LogP contribution in [0.2, 0.25) is 0 Å². The number of morpholine rings is 1. The lowest BCUT2D eigenvalue weighted by Gasteiger charge is -2.29. The molecule has 3 rings (SSSR count). The van der Waals surface area contributed by atoms with E-state index in [9.17, 15) is 9.59 Å². The molecular formula is C20H21NO3. The maximum absolute atomic E-state index is 12.5. The van der Waals surface area contributed by atoms with Gasteiger partial charge in [0.1, 0.15) is 0 Å². The fraction of sp³-hybridized carbons (Fsp3) is 0.300. The summed E-state index contributed by atoms with van der Waals surface area (Å²) in [5.41, 5.74) is 3.26. The molecule has 0 saturated carbocycles. The predicted molar refractivity (Wildman–Crippen MR) is 93.9 cm³/mol. The zero-order valence-electron chi connectivity index (χ0n) is 13.8. The molecule has 2 aromatic rings. The quantitative estimate of drug-likeness (QED) is 0.626. The average molecular weight is 323 g/mol. The lowest BCUT2D eigenvalue weighted by molar-refractivity contribution is 0.0894. The zero-order valence-corrected chi connectivity index (χ0v) is 13.8. The van der Waals surface area contributed by atoms with Gasteiger partial charge in [-0.1, -0.05) is 42.0 Å². The second kappa shape index (κ2) is 7.41. The highest BCUT2D eigenvalue weighted by atomic mass is 16.5. The number of carbonyl (C=O) groups excluding carboxylic acids is 2. The highest BCUT2D eigenvalue weighted by Gasteiger charge is 2.16. The third kappa shape index (κ3) is 3.89. The maximum Gasteiger partial charge on any atom is 0.170 e. The molecule has 0 radical (unpaired) electrons. The zero-order chi connectivity index (χ0) is 16.9. The lowest BCUT2D eigenvalue weighted by Crippen LogP contribution is -2.36. The molecule has 0 bridgehead atoms. The molecule has 1 heterocycles. The van der Waals surface area contributed by atoms with Crippen LogP contribution in [-0.2, 0) is 4.74 Å². The average Bonchev–Trinajstić information content (AvgIpc) is 2.63. The Morgan fingerprint density at radius 2 is 1.62 bits per heavy atom. The molecule has 1 aliphatic rings. The normalized spacial score (nSPS) is 14.5. The Labute approximate surface area is 142 Å². The van der Waals surface area contributed by atoms with Gasteiger partial charge in [0, 0.05) is 29.9 Å². The van der Waals surface area contributed by atoms with Crippen molar-refractivity contribution in [3.05, 3.63) is 65.2 Å². The highest BCUT2D eigenvalue weighted by molar-refractivity contribution is 6.13. The molecule has 1 saturated heterocycles. The Morgan fingerprint density at radius 3 is 2.33 bits per heavy atom. The van der Waals surface area contributed by atoms with Gasteiger partial charge in [-0.05, 0) is 19.1 Å². The molecular weight excluding hydrogens is 302 g/mol. The van der Waals surface area contributed by atoms with Gasteiger partial charge < -0.3 is 9.64 Å². The molecule has 0 aliphatic carbocycles. The monoisotopic (exact) mass is 323 g/mol. The first-order chi connectivity index (χ1) is 11.6. The number of Topliss-reactive ketones (excluding diaryl/α,β-unsaturated/α-hetero) is 2. The van der Waals surface area contributed by atoms with Gasteiger partial charge in [-0.2, -0.15) is 0 Å². The fourth-order valence-corrected chi connectivity index (χ4v) is 2.79. The predicted octanol–water partition coefficient (Wildman–Crippen LogP) is 3.29. The summed E-state index contributed by atoms with van der Waals surface area (Å²) in [6.07, 6.45) is -0.102. The number of hydrogen-bond donors (Lipinski definition) is 0. The van der Waals surface area contributed by atoms with E-state index in [1.54, 1.807) is 18.2 Å². The smallest absolute Gasteiger partial charge is 0.170 e. The van der Waals surface area contributed by atoms with Crippen LogP contribution in [0.3, 0.4) is 0 Å². The molecule has 0 N–H and O–H groups in total. The van der Waals surface area contributed by atoms with Crippen LogP contribution < -0.4 is 4.90 Å². The molecule has 2 aromatic carbocycles. The summed E-state index contributed by atoms with van der Waals surface area (Å²) in [6, 6.07) is 14.8. The third-order valence-corrected chi connectivity index (χ3v) is 4.24. The molecule has 0 aromatic heterocycles. The van der Waals surface area contributed by atoms with Crippen molar-refractivity contribution in [2.24, 2.45) is 0 Å². The van der Waals surface area contributed by atoms with E-state index in [0.717, 1.165) is 24.3 Å². The largest absolute Gasteiger partial charge is 0.378 e. The first-order valence-corrected chi connectivity index (χ1v) is 8.19. The van der Waals surface area contributed by atoms with E-state index in [4.69, 9.17) is 4.74 Å². The Morgan fingerprint density at radius 1 is 0.958 bits per heavy atom. The highest BCUT2D eigenvalue weighted by Crippen LogP contribution is 2.19. The van der Waals surface area contributed by atoms with E-state index < -0.39 is 0 Å². The van der Waals surface area contributed by atoms with Crippen LogP contribution in [0.5, 0.6) is 0 Å².